The Kier molecular flexibility index (Phi) is 5.81. The first-order valence-electron chi connectivity index (χ1n) is 10.1. The lowest BCUT2D eigenvalue weighted by Crippen LogP contribution is -2.41. The molecule has 2 fully saturated rings. The Morgan fingerprint density at radius 3 is 2.82 bits per heavy atom. The van der Waals surface area contributed by atoms with Gasteiger partial charge in [-0.05, 0) is 31.7 Å². The van der Waals surface area contributed by atoms with Crippen LogP contribution in [0.4, 0.5) is 5.95 Å². The average molecular weight is 381 g/mol. The van der Waals surface area contributed by atoms with Gasteiger partial charge in [-0.15, -0.1) is 0 Å². The van der Waals surface area contributed by atoms with Crippen molar-refractivity contribution in [1.82, 2.24) is 19.9 Å². The van der Waals surface area contributed by atoms with Gasteiger partial charge >= 0.3 is 0 Å². The van der Waals surface area contributed by atoms with E-state index in [1.807, 2.05) is 29.4 Å². The van der Waals surface area contributed by atoms with E-state index in [0.717, 1.165) is 55.2 Å². The normalized spacial score (nSPS) is 19.8. The van der Waals surface area contributed by atoms with Gasteiger partial charge in [0.15, 0.2) is 0 Å². The summed E-state index contributed by atoms with van der Waals surface area (Å²) in [6.07, 6.45) is 9.92. The van der Waals surface area contributed by atoms with Crippen LogP contribution < -0.4 is 4.90 Å². The monoisotopic (exact) mass is 381 g/mol. The van der Waals surface area contributed by atoms with E-state index in [0.29, 0.717) is 6.54 Å². The number of hydrogen-bond donors (Lipinski definition) is 0. The van der Waals surface area contributed by atoms with Crippen molar-refractivity contribution in [3.8, 4) is 11.1 Å². The zero-order valence-electron chi connectivity index (χ0n) is 16.4. The molecule has 2 aliphatic rings. The van der Waals surface area contributed by atoms with E-state index >= 15 is 0 Å². The first-order valence-corrected chi connectivity index (χ1v) is 10.1. The van der Waals surface area contributed by atoms with Gasteiger partial charge in [-0.1, -0.05) is 6.07 Å². The number of rotatable bonds is 5. The number of hydrogen-bond acceptors (Lipinski definition) is 6. The molecule has 0 spiro atoms. The lowest BCUT2D eigenvalue weighted by atomic mass is 9.90. The number of anilines is 1. The van der Waals surface area contributed by atoms with Gasteiger partial charge in [0.1, 0.15) is 6.61 Å². The summed E-state index contributed by atoms with van der Waals surface area (Å²) in [4.78, 5) is 30.5. The Labute approximate surface area is 165 Å². The van der Waals surface area contributed by atoms with Crippen LogP contribution in [-0.2, 0) is 9.53 Å². The summed E-state index contributed by atoms with van der Waals surface area (Å²) < 4.78 is 5.05. The van der Waals surface area contributed by atoms with Gasteiger partial charge in [-0.25, -0.2) is 9.97 Å². The fraction of sp³-hybridized carbons (Fsp3) is 0.524. The quantitative estimate of drug-likeness (QED) is 0.792. The average Bonchev–Trinajstić information content (AvgIpc) is 3.29. The van der Waals surface area contributed by atoms with Crippen molar-refractivity contribution in [2.24, 2.45) is 0 Å². The molecule has 0 N–H and O–H groups in total. The fourth-order valence-corrected chi connectivity index (χ4v) is 4.15. The summed E-state index contributed by atoms with van der Waals surface area (Å²) in [5.74, 6) is 1.04. The van der Waals surface area contributed by atoms with E-state index < -0.39 is 0 Å². The summed E-state index contributed by atoms with van der Waals surface area (Å²) in [7, 11) is 1.56. The van der Waals surface area contributed by atoms with Gasteiger partial charge in [-0.3, -0.25) is 9.78 Å². The van der Waals surface area contributed by atoms with Crippen molar-refractivity contribution in [2.75, 3.05) is 44.8 Å². The molecule has 0 aromatic carbocycles. The number of pyridine rings is 1. The van der Waals surface area contributed by atoms with Crippen LogP contribution in [0.1, 0.15) is 37.3 Å². The second-order valence-corrected chi connectivity index (χ2v) is 7.52. The molecule has 0 bridgehead atoms. The van der Waals surface area contributed by atoms with Gasteiger partial charge in [0.05, 0.1) is 5.69 Å². The number of nitrogens with zero attached hydrogens (tertiary/aromatic N) is 5. The number of ether oxygens (including phenoxy) is 1. The molecule has 7 nitrogen and oxygen atoms in total. The molecule has 7 heteroatoms. The molecule has 2 aliphatic heterocycles. The minimum absolute atomic E-state index is 0.0453. The zero-order valence-corrected chi connectivity index (χ0v) is 16.4. The molecule has 1 atom stereocenters. The Bertz CT molecular complexity index is 808. The predicted octanol–water partition coefficient (Wildman–Crippen LogP) is 2.49. The third kappa shape index (κ3) is 3.99. The number of carbonyl (C=O) groups excluding carboxylic acids is 1. The van der Waals surface area contributed by atoms with Crippen LogP contribution in [0.5, 0.6) is 0 Å². The molecule has 2 aromatic rings. The standard InChI is InChI=1S/C21H27N5O2/c1-28-15-19(27)26-11-5-7-17(14-26)20-18(16-6-4-8-22-12-16)13-23-21(24-20)25-9-2-3-10-25/h4,6,8,12-13,17H,2-3,5,7,9-11,14-15H2,1H3. The van der Waals surface area contributed by atoms with Gasteiger partial charge in [0.25, 0.3) is 0 Å². The van der Waals surface area contributed by atoms with Gasteiger partial charge < -0.3 is 14.5 Å². The summed E-state index contributed by atoms with van der Waals surface area (Å²) >= 11 is 0. The van der Waals surface area contributed by atoms with E-state index in [-0.39, 0.29) is 18.4 Å². The summed E-state index contributed by atoms with van der Waals surface area (Å²) in [5.41, 5.74) is 3.06. The van der Waals surface area contributed by atoms with Crippen molar-refractivity contribution in [3.63, 3.8) is 0 Å². The van der Waals surface area contributed by atoms with Crippen molar-refractivity contribution < 1.29 is 9.53 Å². The minimum atomic E-state index is 0.0453. The molecule has 2 saturated heterocycles. The maximum Gasteiger partial charge on any atom is 0.248 e. The molecule has 148 valence electrons. The molecule has 4 rings (SSSR count). The smallest absolute Gasteiger partial charge is 0.248 e. The molecular weight excluding hydrogens is 354 g/mol. The highest BCUT2D eigenvalue weighted by Gasteiger charge is 2.29. The molecule has 0 saturated carbocycles. The van der Waals surface area contributed by atoms with E-state index in [1.165, 1.54) is 12.8 Å². The Morgan fingerprint density at radius 1 is 1.21 bits per heavy atom. The SMILES string of the molecule is COCC(=O)N1CCCC(c2nc(N3CCCC3)ncc2-c2cccnc2)C1. The Morgan fingerprint density at radius 2 is 2.07 bits per heavy atom. The van der Waals surface area contributed by atoms with E-state index in [1.54, 1.807) is 13.3 Å². The van der Waals surface area contributed by atoms with Crippen LogP contribution >= 0.6 is 0 Å². The van der Waals surface area contributed by atoms with Crippen molar-refractivity contribution in [3.05, 3.63) is 36.4 Å². The molecule has 0 radical (unpaired) electrons. The number of methoxy groups -OCH3 is 1. The van der Waals surface area contributed by atoms with Gasteiger partial charge in [-0.2, -0.15) is 0 Å². The number of aromatic nitrogens is 3. The first kappa shape index (κ1) is 18.8. The van der Waals surface area contributed by atoms with Gasteiger partial charge in [0, 0.05) is 68.9 Å². The summed E-state index contributed by atoms with van der Waals surface area (Å²) in [5, 5.41) is 0. The van der Waals surface area contributed by atoms with E-state index in [9.17, 15) is 4.79 Å². The summed E-state index contributed by atoms with van der Waals surface area (Å²) in [6, 6.07) is 3.98. The fourth-order valence-electron chi connectivity index (χ4n) is 4.15. The van der Waals surface area contributed by atoms with Crippen LogP contribution in [0.2, 0.25) is 0 Å². The minimum Gasteiger partial charge on any atom is -0.375 e. The number of carbonyl (C=O) groups is 1. The van der Waals surface area contributed by atoms with Gasteiger partial charge in [0.2, 0.25) is 11.9 Å². The van der Waals surface area contributed by atoms with Crippen molar-refractivity contribution in [1.29, 1.82) is 0 Å². The van der Waals surface area contributed by atoms with Crippen LogP contribution in [0, 0.1) is 0 Å². The first-order chi connectivity index (χ1) is 13.8. The molecule has 1 amide bonds. The highest BCUT2D eigenvalue weighted by Crippen LogP contribution is 2.34. The largest absolute Gasteiger partial charge is 0.375 e. The molecule has 28 heavy (non-hydrogen) atoms. The molecular formula is C21H27N5O2. The topological polar surface area (TPSA) is 71.5 Å². The van der Waals surface area contributed by atoms with Crippen LogP contribution in [0.15, 0.2) is 30.7 Å². The number of likely N-dealkylation sites (tertiary alicyclic amines) is 1. The van der Waals surface area contributed by atoms with Crippen molar-refractivity contribution in [2.45, 2.75) is 31.6 Å². The predicted molar refractivity (Wildman–Crippen MR) is 107 cm³/mol. The van der Waals surface area contributed by atoms with Crippen molar-refractivity contribution >= 4 is 11.9 Å². The van der Waals surface area contributed by atoms with Crippen LogP contribution in [0.3, 0.4) is 0 Å². The Balaban J connectivity index is 1.68. The lowest BCUT2D eigenvalue weighted by Gasteiger charge is -2.33. The second-order valence-electron chi connectivity index (χ2n) is 7.52. The molecule has 2 aromatic heterocycles. The van der Waals surface area contributed by atoms with E-state index in [4.69, 9.17) is 9.72 Å². The third-order valence-electron chi connectivity index (χ3n) is 5.60. The maximum absolute atomic E-state index is 12.4. The van der Waals surface area contributed by atoms with Crippen LogP contribution in [0.25, 0.3) is 11.1 Å². The highest BCUT2D eigenvalue weighted by molar-refractivity contribution is 5.77. The molecule has 1 unspecified atom stereocenters. The maximum atomic E-state index is 12.4. The molecule has 0 aliphatic carbocycles. The zero-order chi connectivity index (χ0) is 19.3. The second kappa shape index (κ2) is 8.65. The summed E-state index contributed by atoms with van der Waals surface area (Å²) in [6.45, 7) is 3.60. The highest BCUT2D eigenvalue weighted by atomic mass is 16.5. The Hall–Kier alpha value is -2.54. The van der Waals surface area contributed by atoms with Crippen LogP contribution in [-0.4, -0.2) is 65.7 Å². The lowest BCUT2D eigenvalue weighted by molar-refractivity contribution is -0.136. The molecule has 4 heterocycles. The number of piperidine rings is 1. The van der Waals surface area contributed by atoms with E-state index in [2.05, 4.69) is 14.9 Å². The third-order valence-corrected chi connectivity index (χ3v) is 5.60. The number of amides is 1.